The molecule has 0 saturated carbocycles. The number of ether oxygens (including phenoxy) is 1. The highest BCUT2D eigenvalue weighted by molar-refractivity contribution is 5.89. The van der Waals surface area contributed by atoms with Gasteiger partial charge in [-0.2, -0.15) is 0 Å². The number of aliphatic carboxylic acids is 1. The third-order valence-corrected chi connectivity index (χ3v) is 6.13. The topological polar surface area (TPSA) is 125 Å². The number of carboxylic acid groups (broad SMARTS) is 1. The van der Waals surface area contributed by atoms with Crippen molar-refractivity contribution in [1.82, 2.24) is 10.6 Å². The van der Waals surface area contributed by atoms with Gasteiger partial charge in [0.1, 0.15) is 12.6 Å². The van der Waals surface area contributed by atoms with Crippen molar-refractivity contribution in [3.63, 3.8) is 0 Å². The molecule has 2 aromatic rings. The molecule has 34 heavy (non-hydrogen) atoms. The number of carboxylic acids is 1. The summed E-state index contributed by atoms with van der Waals surface area (Å²) in [4.78, 5) is 36.4. The van der Waals surface area contributed by atoms with Crippen LogP contribution in [0, 0.1) is 5.92 Å². The minimum absolute atomic E-state index is 0.0110. The lowest BCUT2D eigenvalue weighted by Gasteiger charge is -2.21. The number of carbonyl (C=O) groups is 3. The molecule has 2 aromatic carbocycles. The molecular weight excluding hydrogens is 436 g/mol. The number of aliphatic hydroxyl groups excluding tert-OH is 1. The zero-order valence-corrected chi connectivity index (χ0v) is 19.3. The summed E-state index contributed by atoms with van der Waals surface area (Å²) in [5.74, 6) is -1.86. The Labute approximate surface area is 199 Å². The number of hydrogen-bond acceptors (Lipinski definition) is 5. The molecule has 3 rings (SSSR count). The Bertz CT molecular complexity index is 957. The molecule has 4 N–H and O–H groups in total. The highest BCUT2D eigenvalue weighted by atomic mass is 16.5. The molecule has 1 aliphatic carbocycles. The number of aliphatic hydroxyl groups is 1. The molecule has 8 nitrogen and oxygen atoms in total. The zero-order chi connectivity index (χ0) is 24.5. The summed E-state index contributed by atoms with van der Waals surface area (Å²) >= 11 is 0. The van der Waals surface area contributed by atoms with E-state index in [-0.39, 0.29) is 25.0 Å². The van der Waals surface area contributed by atoms with Crippen LogP contribution < -0.4 is 10.6 Å². The summed E-state index contributed by atoms with van der Waals surface area (Å²) in [5, 5.41) is 23.5. The van der Waals surface area contributed by atoms with Crippen LogP contribution in [0.2, 0.25) is 0 Å². The summed E-state index contributed by atoms with van der Waals surface area (Å²) in [5.41, 5.74) is 4.31. The van der Waals surface area contributed by atoms with Gasteiger partial charge in [-0.3, -0.25) is 9.59 Å². The van der Waals surface area contributed by atoms with Gasteiger partial charge in [-0.05, 0) is 41.0 Å². The number of fused-ring (bicyclic) bond motifs is 3. The molecule has 0 bridgehead atoms. The lowest BCUT2D eigenvalue weighted by atomic mass is 9.98. The molecule has 8 heteroatoms. The van der Waals surface area contributed by atoms with E-state index >= 15 is 0 Å². The monoisotopic (exact) mass is 468 g/mol. The number of benzene rings is 2. The molecule has 0 saturated heterocycles. The van der Waals surface area contributed by atoms with E-state index in [1.54, 1.807) is 0 Å². The normalized spacial score (nSPS) is 13.9. The Kier molecular flexibility index (Phi) is 9.04. The smallest absolute Gasteiger partial charge is 0.407 e. The van der Waals surface area contributed by atoms with Crippen LogP contribution in [-0.4, -0.2) is 54.0 Å². The second-order valence-corrected chi connectivity index (χ2v) is 8.53. The fourth-order valence-electron chi connectivity index (χ4n) is 4.47. The molecule has 2 atom stereocenters. The fourth-order valence-corrected chi connectivity index (χ4v) is 4.47. The molecule has 2 unspecified atom stereocenters. The second kappa shape index (κ2) is 12.2. The molecule has 0 radical (unpaired) electrons. The van der Waals surface area contributed by atoms with Gasteiger partial charge in [0.25, 0.3) is 0 Å². The maximum atomic E-state index is 12.6. The van der Waals surface area contributed by atoms with Gasteiger partial charge in [0.2, 0.25) is 5.91 Å². The number of nitrogens with one attached hydrogen (secondary N) is 2. The van der Waals surface area contributed by atoms with Crippen molar-refractivity contribution in [3.8, 4) is 11.1 Å². The predicted octanol–water partition coefficient (Wildman–Crippen LogP) is 3.28. The quantitative estimate of drug-likeness (QED) is 0.379. The van der Waals surface area contributed by atoms with Crippen LogP contribution in [0.4, 0.5) is 4.79 Å². The van der Waals surface area contributed by atoms with Crippen molar-refractivity contribution in [2.24, 2.45) is 5.92 Å². The molecule has 0 spiro atoms. The van der Waals surface area contributed by atoms with E-state index in [9.17, 15) is 24.6 Å². The van der Waals surface area contributed by atoms with Gasteiger partial charge in [0, 0.05) is 19.1 Å². The van der Waals surface area contributed by atoms with Gasteiger partial charge in [-0.25, -0.2) is 4.79 Å². The van der Waals surface area contributed by atoms with Crippen molar-refractivity contribution < 1.29 is 29.3 Å². The Hall–Kier alpha value is -3.39. The minimum Gasteiger partial charge on any atom is -0.481 e. The molecule has 2 amide bonds. The number of alkyl carbamates (subject to hydrolysis) is 1. The maximum Gasteiger partial charge on any atom is 0.407 e. The molecule has 0 aliphatic heterocycles. The largest absolute Gasteiger partial charge is 0.481 e. The van der Waals surface area contributed by atoms with Crippen molar-refractivity contribution in [2.45, 2.75) is 44.6 Å². The van der Waals surface area contributed by atoms with Crippen molar-refractivity contribution >= 4 is 18.0 Å². The number of rotatable bonds is 12. The molecule has 0 heterocycles. The summed E-state index contributed by atoms with van der Waals surface area (Å²) in [6, 6.07) is 14.6. The Morgan fingerprint density at radius 2 is 1.62 bits per heavy atom. The van der Waals surface area contributed by atoms with E-state index in [4.69, 9.17) is 4.74 Å². The van der Waals surface area contributed by atoms with Gasteiger partial charge >= 0.3 is 12.1 Å². The first-order valence-electron chi connectivity index (χ1n) is 11.7. The van der Waals surface area contributed by atoms with Crippen LogP contribution in [0.1, 0.15) is 49.7 Å². The highest BCUT2D eigenvalue weighted by Crippen LogP contribution is 2.44. The van der Waals surface area contributed by atoms with Gasteiger partial charge in [-0.15, -0.1) is 0 Å². The van der Waals surface area contributed by atoms with E-state index in [2.05, 4.69) is 10.6 Å². The van der Waals surface area contributed by atoms with E-state index in [1.165, 1.54) is 0 Å². The third-order valence-electron chi connectivity index (χ3n) is 6.13. The summed E-state index contributed by atoms with van der Waals surface area (Å²) in [6.45, 7) is 2.39. The zero-order valence-electron chi connectivity index (χ0n) is 19.3. The van der Waals surface area contributed by atoms with Gasteiger partial charge in [0.05, 0.1) is 6.42 Å². The van der Waals surface area contributed by atoms with Gasteiger partial charge in [0.15, 0.2) is 0 Å². The lowest BCUT2D eigenvalue weighted by molar-refractivity contribution is -0.139. The standard InChI is InChI=1S/C26H32N2O6/c1-2-7-17(12-13-29)15-27-25(32)23(14-24(30)31)28-26(33)34-16-22-20-10-5-3-8-18(20)19-9-4-6-11-21(19)22/h3-6,8-11,17,22-23,29H,2,7,12-16H2,1H3,(H,27,32)(H,28,33)(H,30,31). The van der Waals surface area contributed by atoms with Crippen molar-refractivity contribution in [1.29, 1.82) is 0 Å². The number of hydrogen-bond donors (Lipinski definition) is 4. The lowest BCUT2D eigenvalue weighted by Crippen LogP contribution is -2.49. The van der Waals surface area contributed by atoms with E-state index < -0.39 is 30.4 Å². The molecule has 0 fully saturated rings. The molecule has 0 aromatic heterocycles. The minimum atomic E-state index is -1.26. The number of carbonyl (C=O) groups excluding carboxylic acids is 2. The van der Waals surface area contributed by atoms with Crippen LogP contribution in [0.5, 0.6) is 0 Å². The van der Waals surface area contributed by atoms with Gasteiger partial charge < -0.3 is 25.6 Å². The first-order valence-corrected chi connectivity index (χ1v) is 11.7. The summed E-state index contributed by atoms with van der Waals surface area (Å²) in [6.07, 6.45) is 0.858. The average molecular weight is 469 g/mol. The maximum absolute atomic E-state index is 12.6. The summed E-state index contributed by atoms with van der Waals surface area (Å²) in [7, 11) is 0. The number of amides is 2. The van der Waals surface area contributed by atoms with Crippen molar-refractivity contribution in [3.05, 3.63) is 59.7 Å². The Morgan fingerprint density at radius 1 is 1.00 bits per heavy atom. The van der Waals surface area contributed by atoms with Gasteiger partial charge in [-0.1, -0.05) is 61.9 Å². The molecule has 1 aliphatic rings. The first-order chi connectivity index (χ1) is 16.4. The molecular formula is C26H32N2O6. The van der Waals surface area contributed by atoms with E-state index in [1.807, 2.05) is 55.5 Å². The van der Waals surface area contributed by atoms with Crippen LogP contribution >= 0.6 is 0 Å². The average Bonchev–Trinajstić information content (AvgIpc) is 3.14. The predicted molar refractivity (Wildman–Crippen MR) is 127 cm³/mol. The van der Waals surface area contributed by atoms with Crippen LogP contribution in [0.15, 0.2) is 48.5 Å². The SMILES string of the molecule is CCCC(CCO)CNC(=O)C(CC(=O)O)NC(=O)OCC1c2ccccc2-c2ccccc21. The first kappa shape index (κ1) is 25.2. The van der Waals surface area contributed by atoms with Crippen LogP contribution in [0.3, 0.4) is 0 Å². The second-order valence-electron chi connectivity index (χ2n) is 8.53. The van der Waals surface area contributed by atoms with E-state index in [0.717, 1.165) is 35.1 Å². The Morgan fingerprint density at radius 3 is 2.18 bits per heavy atom. The Balaban J connectivity index is 1.61. The highest BCUT2D eigenvalue weighted by Gasteiger charge is 2.30. The van der Waals surface area contributed by atoms with Crippen LogP contribution in [0.25, 0.3) is 11.1 Å². The van der Waals surface area contributed by atoms with Crippen LogP contribution in [-0.2, 0) is 14.3 Å². The van der Waals surface area contributed by atoms with Crippen molar-refractivity contribution in [2.75, 3.05) is 19.8 Å². The fraction of sp³-hybridized carbons (Fsp3) is 0.423. The third kappa shape index (κ3) is 6.35. The summed E-state index contributed by atoms with van der Waals surface area (Å²) < 4.78 is 5.45. The molecule has 182 valence electrons. The van der Waals surface area contributed by atoms with E-state index in [0.29, 0.717) is 13.0 Å².